The summed E-state index contributed by atoms with van der Waals surface area (Å²) in [5.74, 6) is 1.01. The van der Waals surface area contributed by atoms with Crippen LogP contribution in [0.25, 0.3) is 0 Å². The molecule has 0 radical (unpaired) electrons. The molecule has 5 unspecified atom stereocenters. The summed E-state index contributed by atoms with van der Waals surface area (Å²) in [5, 5.41) is 9.22. The molecule has 0 aromatic heterocycles. The molecule has 0 N–H and O–H groups in total. The van der Waals surface area contributed by atoms with Crippen molar-refractivity contribution < 1.29 is 0 Å². The van der Waals surface area contributed by atoms with Crippen LogP contribution in [0.2, 0.25) is 0 Å². The Bertz CT molecular complexity index is 308. The van der Waals surface area contributed by atoms with E-state index in [1.807, 2.05) is 0 Å². The van der Waals surface area contributed by atoms with Crippen LogP contribution in [0.3, 0.4) is 0 Å². The van der Waals surface area contributed by atoms with Crippen molar-refractivity contribution in [3.8, 4) is 6.07 Å². The maximum Gasteiger partial charge on any atom is 0.0982 e. The van der Waals surface area contributed by atoms with Crippen LogP contribution in [0.15, 0.2) is 0 Å². The maximum absolute atomic E-state index is 9.22. The standard InChI is InChI=1S/C13H22N2S/c1-6-12(7-14)15-10(4)8(2)9(3)13(16)11(15)5/h8-12H,6H2,1-5H3. The molecule has 1 fully saturated rings. The van der Waals surface area contributed by atoms with Crippen molar-refractivity contribution in [2.45, 2.75) is 59.2 Å². The second-order valence-corrected chi connectivity index (χ2v) is 5.44. The number of rotatable bonds is 2. The summed E-state index contributed by atoms with van der Waals surface area (Å²) in [4.78, 5) is 3.41. The largest absolute Gasteiger partial charge is 0.278 e. The fourth-order valence-corrected chi connectivity index (χ4v) is 3.09. The van der Waals surface area contributed by atoms with Gasteiger partial charge in [-0.05, 0) is 32.1 Å². The first-order valence-corrected chi connectivity index (χ1v) is 6.57. The van der Waals surface area contributed by atoms with Gasteiger partial charge in [-0.2, -0.15) is 5.26 Å². The van der Waals surface area contributed by atoms with E-state index in [9.17, 15) is 5.26 Å². The molecule has 0 saturated carbocycles. The summed E-state index contributed by atoms with van der Waals surface area (Å²) in [6, 6.07) is 3.09. The zero-order valence-corrected chi connectivity index (χ0v) is 11.7. The molecule has 0 bridgehead atoms. The van der Waals surface area contributed by atoms with Crippen molar-refractivity contribution in [3.05, 3.63) is 0 Å². The van der Waals surface area contributed by atoms with Crippen molar-refractivity contribution in [2.75, 3.05) is 0 Å². The molecular weight excluding hydrogens is 216 g/mol. The summed E-state index contributed by atoms with van der Waals surface area (Å²) < 4.78 is 0. The molecule has 1 aliphatic rings. The highest BCUT2D eigenvalue weighted by atomic mass is 32.1. The van der Waals surface area contributed by atoms with Gasteiger partial charge in [-0.1, -0.05) is 33.0 Å². The van der Waals surface area contributed by atoms with Crippen LogP contribution in [0.4, 0.5) is 0 Å². The lowest BCUT2D eigenvalue weighted by molar-refractivity contribution is 0.0814. The van der Waals surface area contributed by atoms with Gasteiger partial charge in [0.15, 0.2) is 0 Å². The van der Waals surface area contributed by atoms with Gasteiger partial charge in [0.05, 0.1) is 12.1 Å². The van der Waals surface area contributed by atoms with Gasteiger partial charge in [0.1, 0.15) is 0 Å². The lowest BCUT2D eigenvalue weighted by Crippen LogP contribution is -2.58. The molecule has 1 rings (SSSR count). The SMILES string of the molecule is CCC(C#N)N1C(C)C(=S)C(C)C(C)C1C. The molecule has 1 saturated heterocycles. The van der Waals surface area contributed by atoms with Crippen molar-refractivity contribution in [1.82, 2.24) is 4.90 Å². The van der Waals surface area contributed by atoms with Crippen LogP contribution < -0.4 is 0 Å². The fraction of sp³-hybridized carbons (Fsp3) is 0.846. The third-order valence-corrected chi connectivity index (χ3v) is 4.94. The predicted molar refractivity (Wildman–Crippen MR) is 71.4 cm³/mol. The van der Waals surface area contributed by atoms with Crippen LogP contribution in [0.1, 0.15) is 41.0 Å². The number of nitrogens with zero attached hydrogens (tertiary/aromatic N) is 2. The van der Waals surface area contributed by atoms with Crippen molar-refractivity contribution in [1.29, 1.82) is 5.26 Å². The molecule has 1 aliphatic heterocycles. The number of hydrogen-bond acceptors (Lipinski definition) is 3. The van der Waals surface area contributed by atoms with Crippen molar-refractivity contribution >= 4 is 17.1 Å². The van der Waals surface area contributed by atoms with Crippen LogP contribution in [0.5, 0.6) is 0 Å². The smallest absolute Gasteiger partial charge is 0.0982 e. The first kappa shape index (κ1) is 13.6. The number of hydrogen-bond donors (Lipinski definition) is 0. The van der Waals surface area contributed by atoms with Crippen LogP contribution in [0, 0.1) is 23.2 Å². The van der Waals surface area contributed by atoms with Gasteiger partial charge in [0, 0.05) is 16.9 Å². The van der Waals surface area contributed by atoms with Crippen LogP contribution >= 0.6 is 12.2 Å². The van der Waals surface area contributed by atoms with Gasteiger partial charge in [-0.3, -0.25) is 4.90 Å². The third kappa shape index (κ3) is 2.14. The van der Waals surface area contributed by atoms with E-state index < -0.39 is 0 Å². The van der Waals surface area contributed by atoms with E-state index in [0.717, 1.165) is 11.3 Å². The molecule has 0 aromatic rings. The lowest BCUT2D eigenvalue weighted by atomic mass is 9.78. The van der Waals surface area contributed by atoms with E-state index in [2.05, 4.69) is 45.6 Å². The molecule has 0 spiro atoms. The number of piperidine rings is 1. The Morgan fingerprint density at radius 2 is 1.94 bits per heavy atom. The molecule has 3 heteroatoms. The topological polar surface area (TPSA) is 27.0 Å². The number of nitriles is 1. The summed E-state index contributed by atoms with van der Waals surface area (Å²) in [5.41, 5.74) is 0. The quantitative estimate of drug-likeness (QED) is 0.692. The summed E-state index contributed by atoms with van der Waals surface area (Å²) in [6.45, 7) is 10.9. The highest BCUT2D eigenvalue weighted by Crippen LogP contribution is 2.32. The molecular formula is C13H22N2S. The summed E-state index contributed by atoms with van der Waals surface area (Å²) >= 11 is 5.52. The van der Waals surface area contributed by atoms with Gasteiger partial charge >= 0.3 is 0 Å². The van der Waals surface area contributed by atoms with Crippen molar-refractivity contribution in [3.63, 3.8) is 0 Å². The van der Waals surface area contributed by atoms with E-state index in [0.29, 0.717) is 17.9 Å². The predicted octanol–water partition coefficient (Wildman–Crippen LogP) is 3.02. The van der Waals surface area contributed by atoms with E-state index in [1.165, 1.54) is 0 Å². The van der Waals surface area contributed by atoms with E-state index in [1.54, 1.807) is 0 Å². The normalized spacial score (nSPS) is 38.1. The van der Waals surface area contributed by atoms with Gasteiger partial charge in [0.2, 0.25) is 0 Å². The zero-order valence-electron chi connectivity index (χ0n) is 10.9. The molecule has 90 valence electrons. The van der Waals surface area contributed by atoms with Gasteiger partial charge in [-0.25, -0.2) is 0 Å². The van der Waals surface area contributed by atoms with E-state index >= 15 is 0 Å². The van der Waals surface area contributed by atoms with Crippen molar-refractivity contribution in [2.24, 2.45) is 11.8 Å². The van der Waals surface area contributed by atoms with Gasteiger partial charge < -0.3 is 0 Å². The minimum atomic E-state index is -0.00194. The first-order valence-electron chi connectivity index (χ1n) is 6.16. The fourth-order valence-electron chi connectivity index (χ4n) is 2.75. The number of likely N-dealkylation sites (tertiary alicyclic amines) is 1. The second-order valence-electron chi connectivity index (χ2n) is 4.97. The first-order chi connectivity index (χ1) is 7.45. The monoisotopic (exact) mass is 238 g/mol. The Labute approximate surface area is 105 Å². The average Bonchev–Trinajstić information content (AvgIpc) is 2.29. The maximum atomic E-state index is 9.22. The Balaban J connectivity index is 3.00. The Hall–Kier alpha value is -0.460. The van der Waals surface area contributed by atoms with Crippen LogP contribution in [-0.2, 0) is 0 Å². The van der Waals surface area contributed by atoms with Gasteiger partial charge in [-0.15, -0.1) is 0 Å². The Morgan fingerprint density at radius 3 is 2.38 bits per heavy atom. The third-order valence-electron chi connectivity index (χ3n) is 4.22. The highest BCUT2D eigenvalue weighted by Gasteiger charge is 2.40. The summed E-state index contributed by atoms with van der Waals surface area (Å²) in [6.07, 6.45) is 0.870. The molecule has 0 amide bonds. The molecule has 1 heterocycles. The summed E-state index contributed by atoms with van der Waals surface area (Å²) in [7, 11) is 0. The van der Waals surface area contributed by atoms with Gasteiger partial charge in [0.25, 0.3) is 0 Å². The molecule has 16 heavy (non-hydrogen) atoms. The van der Waals surface area contributed by atoms with Crippen LogP contribution in [-0.4, -0.2) is 27.9 Å². The second kappa shape index (κ2) is 5.25. The Kier molecular flexibility index (Phi) is 4.46. The molecule has 0 aromatic carbocycles. The highest BCUT2D eigenvalue weighted by molar-refractivity contribution is 7.80. The minimum absolute atomic E-state index is 0.00194. The minimum Gasteiger partial charge on any atom is -0.278 e. The number of thiocarbonyl (C=S) groups is 1. The van der Waals surface area contributed by atoms with E-state index in [4.69, 9.17) is 12.2 Å². The zero-order chi connectivity index (χ0) is 12.5. The lowest BCUT2D eigenvalue weighted by Gasteiger charge is -2.48. The molecule has 2 nitrogen and oxygen atoms in total. The average molecular weight is 238 g/mol. The molecule has 0 aliphatic carbocycles. The molecule has 5 atom stereocenters. The Morgan fingerprint density at radius 1 is 1.38 bits per heavy atom. The van der Waals surface area contributed by atoms with E-state index in [-0.39, 0.29) is 12.1 Å².